The lowest BCUT2D eigenvalue weighted by atomic mass is 10.0. The topological polar surface area (TPSA) is 122 Å². The highest BCUT2D eigenvalue weighted by molar-refractivity contribution is 9.10. The molecule has 176 valence electrons. The van der Waals surface area contributed by atoms with Gasteiger partial charge >= 0.3 is 5.97 Å². The first-order chi connectivity index (χ1) is 17.4. The van der Waals surface area contributed by atoms with Gasteiger partial charge in [-0.15, -0.1) is 0 Å². The lowest BCUT2D eigenvalue weighted by Gasteiger charge is -2.11. The minimum absolute atomic E-state index is 0.0505. The lowest BCUT2D eigenvalue weighted by molar-refractivity contribution is -0.383. The minimum atomic E-state index is -0.849. The van der Waals surface area contributed by atoms with Gasteiger partial charge < -0.3 is 10.1 Å². The average Bonchev–Trinajstić information content (AvgIpc) is 2.88. The molecule has 0 radical (unpaired) electrons. The van der Waals surface area contributed by atoms with Gasteiger partial charge in [0.15, 0.2) is 0 Å². The van der Waals surface area contributed by atoms with Gasteiger partial charge in [-0.1, -0.05) is 64.5 Å². The van der Waals surface area contributed by atoms with Gasteiger partial charge in [-0.05, 0) is 47.2 Å². The molecule has 0 spiro atoms. The van der Waals surface area contributed by atoms with Crippen LogP contribution in [0.5, 0.6) is 5.75 Å². The average molecular weight is 542 g/mol. The number of hydrogen-bond acceptors (Lipinski definition) is 6. The number of carbonyl (C=O) groups is 2. The van der Waals surface area contributed by atoms with Crippen LogP contribution in [0.1, 0.15) is 15.9 Å². The van der Waals surface area contributed by atoms with Crippen LogP contribution >= 0.6 is 15.9 Å². The second-order valence-corrected chi connectivity index (χ2v) is 8.41. The summed E-state index contributed by atoms with van der Waals surface area (Å²) in [6, 6.07) is 24.8. The number of nitro benzene ring substituents is 1. The first-order valence-electron chi connectivity index (χ1n) is 10.5. The van der Waals surface area contributed by atoms with Crippen molar-refractivity contribution in [2.75, 3.05) is 5.32 Å². The summed E-state index contributed by atoms with van der Waals surface area (Å²) >= 11 is 3.34. The Kier molecular flexibility index (Phi) is 7.18. The predicted molar refractivity (Wildman–Crippen MR) is 138 cm³/mol. The SMILES string of the molecule is N#C/C(=C/c1cc(Br)ccc1OC(=O)c1cccc2ccccc12)C(=O)Nc1ccccc1[N+](=O)[O-]. The van der Waals surface area contributed by atoms with Crippen LogP contribution in [-0.2, 0) is 4.79 Å². The smallest absolute Gasteiger partial charge is 0.344 e. The molecule has 0 aliphatic carbocycles. The van der Waals surface area contributed by atoms with Crippen molar-refractivity contribution in [2.24, 2.45) is 0 Å². The van der Waals surface area contributed by atoms with Gasteiger partial charge in [0.25, 0.3) is 11.6 Å². The van der Waals surface area contributed by atoms with Gasteiger partial charge in [-0.25, -0.2) is 4.79 Å². The summed E-state index contributed by atoms with van der Waals surface area (Å²) in [6.07, 6.45) is 1.25. The summed E-state index contributed by atoms with van der Waals surface area (Å²) in [5, 5.41) is 24.9. The number of amides is 1. The molecule has 4 rings (SSSR count). The van der Waals surface area contributed by atoms with E-state index in [2.05, 4.69) is 21.2 Å². The Labute approximate surface area is 213 Å². The van der Waals surface area contributed by atoms with E-state index < -0.39 is 16.8 Å². The van der Waals surface area contributed by atoms with Crippen molar-refractivity contribution in [1.82, 2.24) is 0 Å². The predicted octanol–water partition coefficient (Wildman–Crippen LogP) is 6.28. The first kappa shape index (κ1) is 24.3. The van der Waals surface area contributed by atoms with Gasteiger partial charge in [0.1, 0.15) is 23.1 Å². The molecule has 0 heterocycles. The third kappa shape index (κ3) is 5.29. The van der Waals surface area contributed by atoms with Crippen molar-refractivity contribution in [3.05, 3.63) is 116 Å². The zero-order valence-corrected chi connectivity index (χ0v) is 20.1. The number of fused-ring (bicyclic) bond motifs is 1. The fraction of sp³-hybridized carbons (Fsp3) is 0. The van der Waals surface area contributed by atoms with E-state index in [1.807, 2.05) is 30.3 Å². The molecule has 0 bridgehead atoms. The molecule has 1 amide bonds. The Morgan fingerprint density at radius 1 is 1.00 bits per heavy atom. The van der Waals surface area contributed by atoms with Crippen molar-refractivity contribution in [1.29, 1.82) is 5.26 Å². The monoisotopic (exact) mass is 541 g/mol. The maximum Gasteiger partial charge on any atom is 0.344 e. The van der Waals surface area contributed by atoms with Gasteiger partial charge in [0.2, 0.25) is 0 Å². The number of rotatable bonds is 6. The minimum Gasteiger partial charge on any atom is -0.422 e. The van der Waals surface area contributed by atoms with E-state index in [9.17, 15) is 25.0 Å². The van der Waals surface area contributed by atoms with Crippen LogP contribution in [0.3, 0.4) is 0 Å². The van der Waals surface area contributed by atoms with Gasteiger partial charge in [-0.2, -0.15) is 5.26 Å². The number of esters is 1. The Balaban J connectivity index is 1.66. The molecule has 0 saturated heterocycles. The van der Waals surface area contributed by atoms with Crippen LogP contribution in [0.2, 0.25) is 0 Å². The Morgan fingerprint density at radius 2 is 1.72 bits per heavy atom. The van der Waals surface area contributed by atoms with E-state index in [0.29, 0.717) is 10.0 Å². The molecule has 9 heteroatoms. The Morgan fingerprint density at radius 3 is 2.50 bits per heavy atom. The number of halogens is 1. The second-order valence-electron chi connectivity index (χ2n) is 7.50. The van der Waals surface area contributed by atoms with Crippen LogP contribution in [0.4, 0.5) is 11.4 Å². The molecule has 4 aromatic carbocycles. The normalized spacial score (nSPS) is 10.9. The van der Waals surface area contributed by atoms with E-state index in [1.54, 1.807) is 30.3 Å². The van der Waals surface area contributed by atoms with Crippen LogP contribution < -0.4 is 10.1 Å². The zero-order valence-electron chi connectivity index (χ0n) is 18.5. The lowest BCUT2D eigenvalue weighted by Crippen LogP contribution is -2.15. The van der Waals surface area contributed by atoms with E-state index in [4.69, 9.17) is 4.74 Å². The molecule has 1 N–H and O–H groups in total. The molecular formula is C27H16BrN3O5. The zero-order chi connectivity index (χ0) is 25.7. The standard InChI is InChI=1S/C27H16BrN3O5/c28-20-12-13-25(36-27(33)22-9-5-7-17-6-1-2-8-21(17)22)18(15-20)14-19(16-29)26(32)30-23-10-3-4-11-24(23)31(34)35/h1-15H,(H,30,32)/b19-14-. The third-order valence-electron chi connectivity index (χ3n) is 5.20. The summed E-state index contributed by atoms with van der Waals surface area (Å²) in [7, 11) is 0. The molecule has 0 aliphatic rings. The van der Waals surface area contributed by atoms with Crippen LogP contribution in [-0.4, -0.2) is 16.8 Å². The number of nitrogens with zero attached hydrogens (tertiary/aromatic N) is 2. The Bertz CT molecular complexity index is 1580. The van der Waals surface area contributed by atoms with Crippen LogP contribution in [0, 0.1) is 21.4 Å². The van der Waals surface area contributed by atoms with Crippen molar-refractivity contribution in [2.45, 2.75) is 0 Å². The van der Waals surface area contributed by atoms with Crippen molar-refractivity contribution >= 4 is 56.0 Å². The number of anilines is 1. The number of nitriles is 1. The second kappa shape index (κ2) is 10.6. The molecule has 0 aliphatic heterocycles. The first-order valence-corrected chi connectivity index (χ1v) is 11.3. The summed E-state index contributed by atoms with van der Waals surface area (Å²) in [4.78, 5) is 36.4. The number of hydrogen-bond donors (Lipinski definition) is 1. The fourth-order valence-corrected chi connectivity index (χ4v) is 3.89. The number of benzene rings is 4. The largest absolute Gasteiger partial charge is 0.422 e. The van der Waals surface area contributed by atoms with E-state index in [-0.39, 0.29) is 28.3 Å². The van der Waals surface area contributed by atoms with E-state index in [1.165, 1.54) is 36.4 Å². The van der Waals surface area contributed by atoms with Crippen LogP contribution in [0.15, 0.2) is 95.0 Å². The Hall–Kier alpha value is -4.81. The van der Waals surface area contributed by atoms with E-state index >= 15 is 0 Å². The highest BCUT2D eigenvalue weighted by atomic mass is 79.9. The van der Waals surface area contributed by atoms with Gasteiger partial charge in [-0.3, -0.25) is 14.9 Å². The summed E-state index contributed by atoms with van der Waals surface area (Å²) in [5.74, 6) is -1.33. The fourth-order valence-electron chi connectivity index (χ4n) is 3.52. The summed E-state index contributed by atoms with van der Waals surface area (Å²) < 4.78 is 6.27. The maximum absolute atomic E-state index is 13.0. The van der Waals surface area contributed by atoms with Crippen molar-refractivity contribution in [3.63, 3.8) is 0 Å². The van der Waals surface area contributed by atoms with E-state index in [0.717, 1.165) is 10.8 Å². The van der Waals surface area contributed by atoms with Crippen molar-refractivity contribution in [3.8, 4) is 11.8 Å². The number of carbonyl (C=O) groups excluding carboxylic acids is 2. The highest BCUT2D eigenvalue weighted by Crippen LogP contribution is 2.29. The number of ether oxygens (including phenoxy) is 1. The third-order valence-corrected chi connectivity index (χ3v) is 5.69. The quantitative estimate of drug-likeness (QED) is 0.0765. The summed E-state index contributed by atoms with van der Waals surface area (Å²) in [5.41, 5.74) is -0.0534. The number of nitro groups is 1. The molecule has 0 atom stereocenters. The van der Waals surface area contributed by atoms with Crippen LogP contribution in [0.25, 0.3) is 16.8 Å². The summed E-state index contributed by atoms with van der Waals surface area (Å²) in [6.45, 7) is 0. The molecule has 0 fully saturated rings. The highest BCUT2D eigenvalue weighted by Gasteiger charge is 2.19. The van der Waals surface area contributed by atoms with Crippen molar-refractivity contribution < 1.29 is 19.2 Å². The van der Waals surface area contributed by atoms with Gasteiger partial charge in [0.05, 0.1) is 10.5 Å². The molecule has 0 aromatic heterocycles. The molecule has 4 aromatic rings. The molecule has 0 unspecified atom stereocenters. The number of nitrogens with one attached hydrogen (secondary N) is 1. The molecule has 36 heavy (non-hydrogen) atoms. The molecule has 0 saturated carbocycles. The molecule has 8 nitrogen and oxygen atoms in total. The number of para-hydroxylation sites is 2. The van der Waals surface area contributed by atoms with Gasteiger partial charge in [0, 0.05) is 16.1 Å². The molecular weight excluding hydrogens is 526 g/mol. The maximum atomic E-state index is 13.0.